The second-order valence-corrected chi connectivity index (χ2v) is 9.20. The Hall–Kier alpha value is -3.72. The lowest BCUT2D eigenvalue weighted by atomic mass is 10.2. The maximum absolute atomic E-state index is 13.1. The number of benzene rings is 3. The number of methoxy groups -OCH3 is 2. The number of sulfonamides is 1. The van der Waals surface area contributed by atoms with Gasteiger partial charge in [0, 0.05) is 18.3 Å². The van der Waals surface area contributed by atoms with Gasteiger partial charge in [0.2, 0.25) is 0 Å². The van der Waals surface area contributed by atoms with Gasteiger partial charge in [-0.25, -0.2) is 8.42 Å². The molecule has 0 aromatic heterocycles. The Kier molecular flexibility index (Phi) is 6.41. The standard InChI is InChI=1S/C24H24N2O6S/c1-30-22-12-7-18(15-23(22)31-2)25-24(27)16-32-19-8-10-20(11-9-19)33(28,29)26-14-13-17-5-3-4-6-21(17)26/h3-12,15H,13-14,16H2,1-2H3,(H,25,27). The topological polar surface area (TPSA) is 94.2 Å². The minimum absolute atomic E-state index is 0.168. The normalized spacial score (nSPS) is 12.7. The van der Waals surface area contributed by atoms with E-state index in [9.17, 15) is 13.2 Å². The minimum atomic E-state index is -3.68. The molecule has 1 amide bonds. The van der Waals surface area contributed by atoms with Crippen LogP contribution in [0.1, 0.15) is 5.56 Å². The Balaban J connectivity index is 1.38. The number of nitrogens with zero attached hydrogens (tertiary/aromatic N) is 1. The highest BCUT2D eigenvalue weighted by Crippen LogP contribution is 2.33. The Morgan fingerprint density at radius 3 is 2.42 bits per heavy atom. The number of amides is 1. The molecule has 4 rings (SSSR count). The van der Waals surface area contributed by atoms with Crippen LogP contribution in [0.5, 0.6) is 17.2 Å². The van der Waals surface area contributed by atoms with Crippen molar-refractivity contribution in [2.75, 3.05) is 37.0 Å². The van der Waals surface area contributed by atoms with Crippen molar-refractivity contribution in [1.29, 1.82) is 0 Å². The quantitative estimate of drug-likeness (QED) is 0.544. The number of para-hydroxylation sites is 1. The van der Waals surface area contributed by atoms with Gasteiger partial charge >= 0.3 is 0 Å². The first-order valence-electron chi connectivity index (χ1n) is 10.3. The molecule has 0 atom stereocenters. The predicted octanol–water partition coefficient (Wildman–Crippen LogP) is 3.47. The first-order valence-corrected chi connectivity index (χ1v) is 11.7. The number of ether oxygens (including phenoxy) is 3. The molecular formula is C24H24N2O6S. The number of carbonyl (C=O) groups is 1. The Morgan fingerprint density at radius 2 is 1.70 bits per heavy atom. The van der Waals surface area contributed by atoms with E-state index in [-0.39, 0.29) is 17.4 Å². The van der Waals surface area contributed by atoms with Gasteiger partial charge in [0.25, 0.3) is 15.9 Å². The van der Waals surface area contributed by atoms with Crippen LogP contribution in [0.3, 0.4) is 0 Å². The predicted molar refractivity (Wildman–Crippen MR) is 125 cm³/mol. The van der Waals surface area contributed by atoms with Crippen LogP contribution in [0.15, 0.2) is 71.6 Å². The van der Waals surface area contributed by atoms with Crippen LogP contribution < -0.4 is 23.8 Å². The minimum Gasteiger partial charge on any atom is -0.493 e. The average molecular weight is 469 g/mol. The van der Waals surface area contributed by atoms with Crippen molar-refractivity contribution in [3.8, 4) is 17.2 Å². The molecule has 9 heteroatoms. The summed E-state index contributed by atoms with van der Waals surface area (Å²) < 4.78 is 43.5. The number of carbonyl (C=O) groups excluding carboxylic acids is 1. The molecule has 3 aromatic carbocycles. The molecular weight excluding hydrogens is 444 g/mol. The maximum Gasteiger partial charge on any atom is 0.264 e. The molecule has 0 radical (unpaired) electrons. The van der Waals surface area contributed by atoms with E-state index in [0.717, 1.165) is 5.56 Å². The smallest absolute Gasteiger partial charge is 0.264 e. The van der Waals surface area contributed by atoms with Crippen LogP contribution in [0, 0.1) is 0 Å². The van der Waals surface area contributed by atoms with Crippen LogP contribution in [0.4, 0.5) is 11.4 Å². The van der Waals surface area contributed by atoms with Crippen LogP contribution in [-0.2, 0) is 21.2 Å². The van der Waals surface area contributed by atoms with E-state index in [2.05, 4.69) is 5.32 Å². The van der Waals surface area contributed by atoms with Crippen LogP contribution in [-0.4, -0.2) is 41.7 Å². The van der Waals surface area contributed by atoms with Gasteiger partial charge in [-0.05, 0) is 54.4 Å². The third-order valence-corrected chi connectivity index (χ3v) is 7.12. The lowest BCUT2D eigenvalue weighted by Crippen LogP contribution is -2.29. The van der Waals surface area contributed by atoms with Gasteiger partial charge in [0.1, 0.15) is 5.75 Å². The zero-order chi connectivity index (χ0) is 23.4. The first-order chi connectivity index (χ1) is 15.9. The fourth-order valence-corrected chi connectivity index (χ4v) is 5.16. The Morgan fingerprint density at radius 1 is 0.970 bits per heavy atom. The number of rotatable bonds is 8. The van der Waals surface area contributed by atoms with Crippen LogP contribution in [0.25, 0.3) is 0 Å². The summed E-state index contributed by atoms with van der Waals surface area (Å²) in [6, 6.07) is 18.6. The number of fused-ring (bicyclic) bond motifs is 1. The molecule has 1 N–H and O–H groups in total. The molecule has 33 heavy (non-hydrogen) atoms. The SMILES string of the molecule is COc1ccc(NC(=O)COc2ccc(S(=O)(=O)N3CCc4ccccc43)cc2)cc1OC. The summed E-state index contributed by atoms with van der Waals surface area (Å²) in [5, 5.41) is 2.72. The molecule has 0 aliphatic carbocycles. The summed E-state index contributed by atoms with van der Waals surface area (Å²) in [6.07, 6.45) is 0.686. The Bertz CT molecular complexity index is 1260. The third-order valence-electron chi connectivity index (χ3n) is 5.29. The van der Waals surface area contributed by atoms with E-state index in [1.807, 2.05) is 24.3 Å². The van der Waals surface area contributed by atoms with E-state index in [0.29, 0.717) is 41.6 Å². The average Bonchev–Trinajstić information content (AvgIpc) is 3.28. The molecule has 172 valence electrons. The molecule has 0 bridgehead atoms. The summed E-state index contributed by atoms with van der Waals surface area (Å²) in [4.78, 5) is 12.4. The van der Waals surface area contributed by atoms with E-state index in [1.165, 1.54) is 30.7 Å². The molecule has 1 heterocycles. The number of hydrogen-bond acceptors (Lipinski definition) is 6. The maximum atomic E-state index is 13.1. The number of anilines is 2. The summed E-state index contributed by atoms with van der Waals surface area (Å²) in [5.41, 5.74) is 2.26. The number of hydrogen-bond donors (Lipinski definition) is 1. The van der Waals surface area contributed by atoms with Crippen LogP contribution in [0.2, 0.25) is 0 Å². The summed E-state index contributed by atoms with van der Waals surface area (Å²) >= 11 is 0. The molecule has 1 aliphatic heterocycles. The molecule has 1 aliphatic rings. The summed E-state index contributed by atoms with van der Waals surface area (Å²) in [6.45, 7) is 0.177. The van der Waals surface area contributed by atoms with Crippen molar-refractivity contribution < 1.29 is 27.4 Å². The fraction of sp³-hybridized carbons (Fsp3) is 0.208. The second kappa shape index (κ2) is 9.41. The largest absolute Gasteiger partial charge is 0.493 e. The molecule has 0 saturated heterocycles. The van der Waals surface area contributed by atoms with Gasteiger partial charge in [0.15, 0.2) is 18.1 Å². The highest BCUT2D eigenvalue weighted by Gasteiger charge is 2.30. The van der Waals surface area contributed by atoms with E-state index < -0.39 is 10.0 Å². The lowest BCUT2D eigenvalue weighted by Gasteiger charge is -2.19. The van der Waals surface area contributed by atoms with Gasteiger partial charge in [-0.2, -0.15) is 0 Å². The number of nitrogens with one attached hydrogen (secondary N) is 1. The van der Waals surface area contributed by atoms with Crippen molar-refractivity contribution in [1.82, 2.24) is 0 Å². The molecule has 8 nitrogen and oxygen atoms in total. The highest BCUT2D eigenvalue weighted by molar-refractivity contribution is 7.92. The molecule has 0 fully saturated rings. The van der Waals surface area contributed by atoms with Crippen LogP contribution >= 0.6 is 0 Å². The highest BCUT2D eigenvalue weighted by atomic mass is 32.2. The van der Waals surface area contributed by atoms with Gasteiger partial charge in [0.05, 0.1) is 24.8 Å². The van der Waals surface area contributed by atoms with E-state index in [4.69, 9.17) is 14.2 Å². The molecule has 0 saturated carbocycles. The van der Waals surface area contributed by atoms with Gasteiger partial charge in [-0.15, -0.1) is 0 Å². The van der Waals surface area contributed by atoms with Gasteiger partial charge < -0.3 is 19.5 Å². The molecule has 0 spiro atoms. The van der Waals surface area contributed by atoms with Gasteiger partial charge in [-0.1, -0.05) is 18.2 Å². The zero-order valence-electron chi connectivity index (χ0n) is 18.3. The third kappa shape index (κ3) is 4.73. The summed E-state index contributed by atoms with van der Waals surface area (Å²) in [7, 11) is -0.632. The van der Waals surface area contributed by atoms with Crippen molar-refractivity contribution >= 4 is 27.3 Å². The molecule has 0 unspecified atom stereocenters. The van der Waals surface area contributed by atoms with Crippen molar-refractivity contribution in [3.63, 3.8) is 0 Å². The van der Waals surface area contributed by atoms with Crippen molar-refractivity contribution in [2.45, 2.75) is 11.3 Å². The molecule has 3 aromatic rings. The lowest BCUT2D eigenvalue weighted by molar-refractivity contribution is -0.118. The Labute approximate surface area is 192 Å². The van der Waals surface area contributed by atoms with E-state index in [1.54, 1.807) is 30.3 Å². The monoisotopic (exact) mass is 468 g/mol. The summed E-state index contributed by atoms with van der Waals surface area (Å²) in [5.74, 6) is 1.07. The first kappa shape index (κ1) is 22.5. The van der Waals surface area contributed by atoms with Crippen molar-refractivity contribution in [3.05, 3.63) is 72.3 Å². The zero-order valence-corrected chi connectivity index (χ0v) is 19.1. The van der Waals surface area contributed by atoms with Crippen molar-refractivity contribution in [2.24, 2.45) is 0 Å². The second-order valence-electron chi connectivity index (χ2n) is 7.33. The van der Waals surface area contributed by atoms with Gasteiger partial charge in [-0.3, -0.25) is 9.10 Å². The fourth-order valence-electron chi connectivity index (χ4n) is 3.65. The van der Waals surface area contributed by atoms with E-state index >= 15 is 0 Å².